The summed E-state index contributed by atoms with van der Waals surface area (Å²) in [7, 11) is 0. The van der Waals surface area contributed by atoms with Gasteiger partial charge in [-0.1, -0.05) is 13.8 Å². The highest BCUT2D eigenvalue weighted by atomic mass is 16.5. The molecule has 0 radical (unpaired) electrons. The third kappa shape index (κ3) is 1.64. The number of hydrogen-bond donors (Lipinski definition) is 1. The monoisotopic (exact) mass is 232 g/mol. The molecule has 1 aliphatic heterocycles. The zero-order valence-corrected chi connectivity index (χ0v) is 10.7. The van der Waals surface area contributed by atoms with Gasteiger partial charge in [0.05, 0.1) is 11.8 Å². The van der Waals surface area contributed by atoms with Gasteiger partial charge in [0.25, 0.3) is 0 Å². The molecule has 2 heterocycles. The number of ether oxygens (including phenoxy) is 1. The number of nitrogens with one attached hydrogen (secondary N) is 1. The molecule has 3 heteroatoms. The minimum absolute atomic E-state index is 0.227. The predicted octanol–water partition coefficient (Wildman–Crippen LogP) is 2.62. The Morgan fingerprint density at radius 2 is 2.24 bits per heavy atom. The van der Waals surface area contributed by atoms with E-state index in [0.29, 0.717) is 18.1 Å². The first-order valence-electron chi connectivity index (χ1n) is 6.39. The van der Waals surface area contributed by atoms with Crippen molar-refractivity contribution in [2.24, 2.45) is 11.3 Å². The van der Waals surface area contributed by atoms with E-state index in [4.69, 9.17) is 4.74 Å². The smallest absolute Gasteiger partial charge is 0.0694 e. The van der Waals surface area contributed by atoms with Crippen molar-refractivity contribution in [1.29, 1.82) is 0 Å². The molecule has 1 N–H and O–H groups in total. The summed E-state index contributed by atoms with van der Waals surface area (Å²) in [6.45, 7) is 7.58. The third-order valence-corrected chi connectivity index (χ3v) is 4.30. The van der Waals surface area contributed by atoms with Gasteiger partial charge in [0.1, 0.15) is 0 Å². The van der Waals surface area contributed by atoms with Crippen molar-refractivity contribution >= 4 is 5.69 Å². The van der Waals surface area contributed by atoms with E-state index in [-0.39, 0.29) is 5.41 Å². The number of hydrogen-bond acceptors (Lipinski definition) is 3. The van der Waals surface area contributed by atoms with Crippen LogP contribution in [0.25, 0.3) is 0 Å². The van der Waals surface area contributed by atoms with Gasteiger partial charge in [0.15, 0.2) is 0 Å². The Kier molecular flexibility index (Phi) is 2.40. The largest absolute Gasteiger partial charge is 0.380 e. The summed E-state index contributed by atoms with van der Waals surface area (Å²) in [6, 6.07) is 2.67. The van der Waals surface area contributed by atoms with E-state index in [0.717, 1.165) is 12.3 Å². The first-order valence-corrected chi connectivity index (χ1v) is 6.39. The Labute approximate surface area is 103 Å². The van der Waals surface area contributed by atoms with Crippen LogP contribution >= 0.6 is 0 Å². The van der Waals surface area contributed by atoms with Crippen molar-refractivity contribution < 1.29 is 4.74 Å². The van der Waals surface area contributed by atoms with E-state index in [1.54, 1.807) is 0 Å². The molecule has 1 aliphatic carbocycles. The van der Waals surface area contributed by atoms with Gasteiger partial charge in [0, 0.05) is 36.4 Å². The molecule has 0 spiro atoms. The van der Waals surface area contributed by atoms with Crippen LogP contribution in [0.4, 0.5) is 5.69 Å². The summed E-state index contributed by atoms with van der Waals surface area (Å²) >= 11 is 0. The molecule has 3 nitrogen and oxygen atoms in total. The second-order valence-corrected chi connectivity index (χ2v) is 5.94. The molecule has 1 aromatic heterocycles. The molecule has 1 saturated heterocycles. The Balaban J connectivity index is 1.77. The summed E-state index contributed by atoms with van der Waals surface area (Å²) in [6.07, 6.45) is 5.42. The molecule has 1 saturated carbocycles. The van der Waals surface area contributed by atoms with Crippen molar-refractivity contribution in [3.05, 3.63) is 24.0 Å². The van der Waals surface area contributed by atoms with Crippen LogP contribution in [0.2, 0.25) is 0 Å². The fourth-order valence-electron chi connectivity index (χ4n) is 3.43. The van der Waals surface area contributed by atoms with Crippen LogP contribution in [0.1, 0.15) is 25.8 Å². The molecule has 1 aromatic rings. The van der Waals surface area contributed by atoms with Gasteiger partial charge in [-0.15, -0.1) is 0 Å². The molecule has 3 atom stereocenters. The van der Waals surface area contributed by atoms with Crippen molar-refractivity contribution in [3.8, 4) is 0 Å². The zero-order chi connectivity index (χ0) is 12.0. The molecule has 0 bridgehead atoms. The Bertz CT molecular complexity index is 430. The summed E-state index contributed by atoms with van der Waals surface area (Å²) in [4.78, 5) is 4.24. The molecule has 92 valence electrons. The lowest BCUT2D eigenvalue weighted by molar-refractivity contribution is -0.0923. The second kappa shape index (κ2) is 3.70. The van der Waals surface area contributed by atoms with E-state index in [9.17, 15) is 0 Å². The van der Waals surface area contributed by atoms with Gasteiger partial charge < -0.3 is 10.1 Å². The number of fused-ring (bicyclic) bond motifs is 1. The quantitative estimate of drug-likeness (QED) is 0.851. The van der Waals surface area contributed by atoms with Crippen LogP contribution in [-0.2, 0) is 4.74 Å². The summed E-state index contributed by atoms with van der Waals surface area (Å²) in [5, 5.41) is 3.64. The average Bonchev–Trinajstić information content (AvgIpc) is 2.72. The van der Waals surface area contributed by atoms with E-state index in [1.165, 1.54) is 12.0 Å². The normalized spacial score (nSPS) is 33.9. The molecule has 2 aliphatic rings. The number of rotatable bonds is 2. The molecule has 3 rings (SSSR count). The average molecular weight is 232 g/mol. The minimum Gasteiger partial charge on any atom is -0.380 e. The fourth-order valence-corrected chi connectivity index (χ4v) is 3.43. The van der Waals surface area contributed by atoms with Gasteiger partial charge in [0.2, 0.25) is 0 Å². The maximum absolute atomic E-state index is 5.80. The first-order chi connectivity index (χ1) is 8.09. The van der Waals surface area contributed by atoms with Crippen LogP contribution in [0, 0.1) is 18.3 Å². The van der Waals surface area contributed by atoms with Gasteiger partial charge in [-0.05, 0) is 25.0 Å². The molecule has 2 fully saturated rings. The lowest BCUT2D eigenvalue weighted by Crippen LogP contribution is -2.63. The molecule has 0 aromatic carbocycles. The number of pyridine rings is 1. The first kappa shape index (κ1) is 11.0. The highest BCUT2D eigenvalue weighted by Gasteiger charge is 2.59. The van der Waals surface area contributed by atoms with Gasteiger partial charge in [-0.25, -0.2) is 0 Å². The number of aryl methyl sites for hydroxylation is 1. The fraction of sp³-hybridized carbons (Fsp3) is 0.643. The Hall–Kier alpha value is -1.09. The van der Waals surface area contributed by atoms with Crippen molar-refractivity contribution in [1.82, 2.24) is 4.98 Å². The predicted molar refractivity (Wildman–Crippen MR) is 68.0 cm³/mol. The number of nitrogens with zero attached hydrogens (tertiary/aromatic N) is 1. The third-order valence-electron chi connectivity index (χ3n) is 4.30. The van der Waals surface area contributed by atoms with Crippen LogP contribution in [0.3, 0.4) is 0 Å². The molecular weight excluding hydrogens is 212 g/mol. The lowest BCUT2D eigenvalue weighted by atomic mass is 9.57. The topological polar surface area (TPSA) is 34.2 Å². The summed E-state index contributed by atoms with van der Waals surface area (Å²) in [5.74, 6) is 0.672. The lowest BCUT2D eigenvalue weighted by Gasteiger charge is -2.55. The van der Waals surface area contributed by atoms with Gasteiger partial charge in [-0.3, -0.25) is 4.98 Å². The van der Waals surface area contributed by atoms with E-state index >= 15 is 0 Å². The standard InChI is InChI=1S/C14H20N2O/c1-9-6-10(8-15-7-9)16-12-11-4-5-17-13(11)14(12,2)3/h6-8,11-13,16H,4-5H2,1-3H3. The van der Waals surface area contributed by atoms with E-state index in [2.05, 4.69) is 37.1 Å². The SMILES string of the molecule is Cc1cncc(NC2C3CCOC3C2(C)C)c1. The Morgan fingerprint density at radius 3 is 3.00 bits per heavy atom. The van der Waals surface area contributed by atoms with E-state index < -0.39 is 0 Å². The van der Waals surface area contributed by atoms with Crippen molar-refractivity contribution in [2.75, 3.05) is 11.9 Å². The van der Waals surface area contributed by atoms with Crippen LogP contribution < -0.4 is 5.32 Å². The minimum atomic E-state index is 0.227. The molecule has 0 amide bonds. The number of aromatic nitrogens is 1. The highest BCUT2D eigenvalue weighted by Crippen LogP contribution is 2.53. The highest BCUT2D eigenvalue weighted by molar-refractivity contribution is 5.45. The van der Waals surface area contributed by atoms with Crippen LogP contribution in [-0.4, -0.2) is 23.7 Å². The second-order valence-electron chi connectivity index (χ2n) is 5.94. The maximum atomic E-state index is 5.80. The summed E-state index contributed by atoms with van der Waals surface area (Å²) < 4.78 is 5.80. The van der Waals surface area contributed by atoms with E-state index in [1.807, 2.05) is 12.4 Å². The van der Waals surface area contributed by atoms with Gasteiger partial charge >= 0.3 is 0 Å². The molecule has 17 heavy (non-hydrogen) atoms. The van der Waals surface area contributed by atoms with Crippen LogP contribution in [0.5, 0.6) is 0 Å². The van der Waals surface area contributed by atoms with Crippen molar-refractivity contribution in [3.63, 3.8) is 0 Å². The Morgan fingerprint density at radius 1 is 1.41 bits per heavy atom. The maximum Gasteiger partial charge on any atom is 0.0694 e. The molecular formula is C14H20N2O. The summed E-state index contributed by atoms with van der Waals surface area (Å²) in [5.41, 5.74) is 2.56. The van der Waals surface area contributed by atoms with Gasteiger partial charge in [-0.2, -0.15) is 0 Å². The van der Waals surface area contributed by atoms with Crippen LogP contribution in [0.15, 0.2) is 18.5 Å². The number of anilines is 1. The molecule has 3 unspecified atom stereocenters. The van der Waals surface area contributed by atoms with Crippen molar-refractivity contribution in [2.45, 2.75) is 39.3 Å². The zero-order valence-electron chi connectivity index (χ0n) is 10.7.